The highest BCUT2D eigenvalue weighted by molar-refractivity contribution is 5.80. The quantitative estimate of drug-likeness (QED) is 0.315. The average Bonchev–Trinajstić information content (AvgIpc) is 2.80. The van der Waals surface area contributed by atoms with Crippen LogP contribution in [0.4, 0.5) is 0 Å². The van der Waals surface area contributed by atoms with Crippen molar-refractivity contribution in [1.82, 2.24) is 10.6 Å². The molecule has 16 heavy (non-hydrogen) atoms. The van der Waals surface area contributed by atoms with Gasteiger partial charge in [-0.2, -0.15) is 0 Å². The molecule has 0 saturated carbocycles. The number of ether oxygens (including phenoxy) is 1. The van der Waals surface area contributed by atoms with Gasteiger partial charge in [-0.25, -0.2) is 0 Å². The molecular formula is C11H19N3O2. The highest BCUT2D eigenvalue weighted by Crippen LogP contribution is 2.08. The Balaban J connectivity index is 2.19. The van der Waals surface area contributed by atoms with E-state index in [0.29, 0.717) is 19.0 Å². The van der Waals surface area contributed by atoms with Crippen molar-refractivity contribution in [2.75, 3.05) is 20.7 Å². The number of carbonyl (C=O) groups excluding carboxylic acids is 1. The van der Waals surface area contributed by atoms with Crippen LogP contribution in [-0.4, -0.2) is 38.7 Å². The first kappa shape index (κ1) is 12.5. The standard InChI is InChI=1S/C11H19N3O2/c1-12-11(13-8-7-10(15)16-2)14-9-5-3-4-6-9/h3-4,9H,5-8H2,1-2H3,(H2,12,13,14). The molecule has 0 fully saturated rings. The van der Waals surface area contributed by atoms with Crippen LogP contribution in [0.1, 0.15) is 19.3 Å². The van der Waals surface area contributed by atoms with E-state index in [-0.39, 0.29) is 5.97 Å². The van der Waals surface area contributed by atoms with Gasteiger partial charge in [0.15, 0.2) is 5.96 Å². The molecule has 90 valence electrons. The van der Waals surface area contributed by atoms with Crippen LogP contribution in [0.2, 0.25) is 0 Å². The van der Waals surface area contributed by atoms with Crippen molar-refractivity contribution >= 4 is 11.9 Å². The molecule has 0 aliphatic heterocycles. The van der Waals surface area contributed by atoms with Crippen LogP contribution >= 0.6 is 0 Å². The molecular weight excluding hydrogens is 206 g/mol. The van der Waals surface area contributed by atoms with Crippen LogP contribution < -0.4 is 10.6 Å². The highest BCUT2D eigenvalue weighted by Gasteiger charge is 2.11. The molecule has 0 unspecified atom stereocenters. The monoisotopic (exact) mass is 225 g/mol. The summed E-state index contributed by atoms with van der Waals surface area (Å²) in [6.07, 6.45) is 6.70. The molecule has 0 atom stereocenters. The van der Waals surface area contributed by atoms with Crippen LogP contribution in [0.3, 0.4) is 0 Å². The Morgan fingerprint density at radius 3 is 2.75 bits per heavy atom. The maximum Gasteiger partial charge on any atom is 0.307 e. The summed E-state index contributed by atoms with van der Waals surface area (Å²) in [7, 11) is 3.11. The Labute approximate surface area is 96.0 Å². The predicted molar refractivity (Wildman–Crippen MR) is 63.3 cm³/mol. The molecule has 1 aliphatic carbocycles. The number of nitrogens with zero attached hydrogens (tertiary/aromatic N) is 1. The minimum Gasteiger partial charge on any atom is -0.469 e. The van der Waals surface area contributed by atoms with Gasteiger partial charge in [-0.3, -0.25) is 9.79 Å². The Morgan fingerprint density at radius 1 is 1.50 bits per heavy atom. The number of methoxy groups -OCH3 is 1. The molecule has 0 aromatic carbocycles. The zero-order chi connectivity index (χ0) is 11.8. The fourth-order valence-electron chi connectivity index (χ4n) is 1.51. The van der Waals surface area contributed by atoms with E-state index in [1.165, 1.54) is 7.11 Å². The predicted octanol–water partition coefficient (Wildman–Crippen LogP) is 0.433. The van der Waals surface area contributed by atoms with Gasteiger partial charge in [0.05, 0.1) is 13.5 Å². The summed E-state index contributed by atoms with van der Waals surface area (Å²) in [4.78, 5) is 15.0. The van der Waals surface area contributed by atoms with Crippen LogP contribution in [0, 0.1) is 0 Å². The third kappa shape index (κ3) is 4.33. The van der Waals surface area contributed by atoms with E-state index >= 15 is 0 Å². The van der Waals surface area contributed by atoms with Crippen molar-refractivity contribution < 1.29 is 9.53 Å². The maximum absolute atomic E-state index is 10.9. The van der Waals surface area contributed by atoms with E-state index in [4.69, 9.17) is 0 Å². The molecule has 0 aromatic rings. The second-order valence-corrected chi connectivity index (χ2v) is 3.61. The van der Waals surface area contributed by atoms with Gasteiger partial charge in [0.25, 0.3) is 0 Å². The average molecular weight is 225 g/mol. The normalized spacial score (nSPS) is 16.2. The molecule has 2 N–H and O–H groups in total. The molecule has 0 radical (unpaired) electrons. The maximum atomic E-state index is 10.9. The summed E-state index contributed by atoms with van der Waals surface area (Å²) in [5.74, 6) is 0.517. The number of nitrogens with one attached hydrogen (secondary N) is 2. The Bertz CT molecular complexity index is 279. The summed E-state index contributed by atoms with van der Waals surface area (Å²) in [6, 6.07) is 0.421. The van der Waals surface area contributed by atoms with Gasteiger partial charge < -0.3 is 15.4 Å². The lowest BCUT2D eigenvalue weighted by Crippen LogP contribution is -2.43. The van der Waals surface area contributed by atoms with Crippen molar-refractivity contribution in [3.8, 4) is 0 Å². The number of rotatable bonds is 4. The smallest absolute Gasteiger partial charge is 0.307 e. The minimum absolute atomic E-state index is 0.217. The van der Waals surface area contributed by atoms with E-state index in [0.717, 1.165) is 18.8 Å². The lowest BCUT2D eigenvalue weighted by Gasteiger charge is -2.16. The van der Waals surface area contributed by atoms with Gasteiger partial charge >= 0.3 is 5.97 Å². The van der Waals surface area contributed by atoms with Crippen LogP contribution in [0.25, 0.3) is 0 Å². The van der Waals surface area contributed by atoms with Gasteiger partial charge in [-0.1, -0.05) is 12.2 Å². The largest absolute Gasteiger partial charge is 0.469 e. The Kier molecular flexibility index (Phi) is 5.39. The van der Waals surface area contributed by atoms with Crippen molar-refractivity contribution in [2.45, 2.75) is 25.3 Å². The molecule has 1 aliphatic rings. The molecule has 0 heterocycles. The Hall–Kier alpha value is -1.52. The number of carbonyl (C=O) groups is 1. The zero-order valence-electron chi connectivity index (χ0n) is 9.82. The molecule has 5 heteroatoms. The number of hydrogen-bond acceptors (Lipinski definition) is 3. The van der Waals surface area contributed by atoms with Gasteiger partial charge in [0, 0.05) is 19.6 Å². The van der Waals surface area contributed by atoms with E-state index in [9.17, 15) is 4.79 Å². The molecule has 0 amide bonds. The molecule has 0 bridgehead atoms. The highest BCUT2D eigenvalue weighted by atomic mass is 16.5. The van der Waals surface area contributed by atoms with E-state index in [1.807, 2.05) is 0 Å². The van der Waals surface area contributed by atoms with E-state index in [2.05, 4.69) is 32.5 Å². The van der Waals surface area contributed by atoms with Crippen LogP contribution in [0.15, 0.2) is 17.1 Å². The summed E-state index contributed by atoms with van der Waals surface area (Å²) >= 11 is 0. The topological polar surface area (TPSA) is 62.7 Å². The summed E-state index contributed by atoms with van der Waals surface area (Å²) in [5.41, 5.74) is 0. The molecule has 0 spiro atoms. The van der Waals surface area contributed by atoms with Gasteiger partial charge in [0.2, 0.25) is 0 Å². The molecule has 5 nitrogen and oxygen atoms in total. The van der Waals surface area contributed by atoms with Crippen LogP contribution in [-0.2, 0) is 9.53 Å². The fraction of sp³-hybridized carbons (Fsp3) is 0.636. The first-order valence-electron chi connectivity index (χ1n) is 5.45. The Morgan fingerprint density at radius 2 is 2.19 bits per heavy atom. The number of guanidine groups is 1. The van der Waals surface area contributed by atoms with Gasteiger partial charge in [-0.15, -0.1) is 0 Å². The second kappa shape index (κ2) is 6.87. The van der Waals surface area contributed by atoms with Crippen molar-refractivity contribution in [3.05, 3.63) is 12.2 Å². The first-order valence-corrected chi connectivity index (χ1v) is 5.45. The zero-order valence-corrected chi connectivity index (χ0v) is 9.82. The third-order valence-electron chi connectivity index (χ3n) is 2.42. The number of esters is 1. The lowest BCUT2D eigenvalue weighted by molar-refractivity contribution is -0.140. The summed E-state index contributed by atoms with van der Waals surface area (Å²) < 4.78 is 4.55. The van der Waals surface area contributed by atoms with Crippen molar-refractivity contribution in [2.24, 2.45) is 4.99 Å². The molecule has 0 saturated heterocycles. The minimum atomic E-state index is -0.217. The second-order valence-electron chi connectivity index (χ2n) is 3.61. The van der Waals surface area contributed by atoms with Crippen molar-refractivity contribution in [1.29, 1.82) is 0 Å². The van der Waals surface area contributed by atoms with Crippen molar-refractivity contribution in [3.63, 3.8) is 0 Å². The molecule has 0 aromatic heterocycles. The summed E-state index contributed by atoms with van der Waals surface area (Å²) in [6.45, 7) is 0.534. The van der Waals surface area contributed by atoms with E-state index < -0.39 is 0 Å². The number of aliphatic imine (C=N–C) groups is 1. The lowest BCUT2D eigenvalue weighted by atomic mass is 10.2. The van der Waals surface area contributed by atoms with Crippen LogP contribution in [0.5, 0.6) is 0 Å². The SMILES string of the molecule is CN=C(NCCC(=O)OC)NC1CC=CC1. The third-order valence-corrected chi connectivity index (χ3v) is 2.42. The fourth-order valence-corrected chi connectivity index (χ4v) is 1.51. The van der Waals surface area contributed by atoms with Gasteiger partial charge in [0.1, 0.15) is 0 Å². The molecule has 1 rings (SSSR count). The summed E-state index contributed by atoms with van der Waals surface area (Å²) in [5, 5.41) is 6.35. The number of hydrogen-bond donors (Lipinski definition) is 2. The first-order chi connectivity index (χ1) is 7.76. The van der Waals surface area contributed by atoms with E-state index in [1.54, 1.807) is 7.05 Å². The van der Waals surface area contributed by atoms with Gasteiger partial charge in [-0.05, 0) is 12.8 Å².